The lowest BCUT2D eigenvalue weighted by molar-refractivity contribution is -0.146. The first-order valence-corrected chi connectivity index (χ1v) is 6.20. The van der Waals surface area contributed by atoms with Crippen molar-refractivity contribution in [3.05, 3.63) is 0 Å². The zero-order valence-electron chi connectivity index (χ0n) is 10.4. The molecule has 0 bridgehead atoms. The summed E-state index contributed by atoms with van der Waals surface area (Å²) in [5.41, 5.74) is 0. The van der Waals surface area contributed by atoms with Crippen molar-refractivity contribution in [2.75, 3.05) is 26.3 Å². The number of hydrogen-bond donors (Lipinski definition) is 1. The van der Waals surface area contributed by atoms with E-state index >= 15 is 0 Å². The van der Waals surface area contributed by atoms with Gasteiger partial charge in [0, 0.05) is 13.1 Å². The van der Waals surface area contributed by atoms with Gasteiger partial charge in [0.1, 0.15) is 13.2 Å². The Morgan fingerprint density at radius 3 is 2.47 bits per heavy atom. The number of rotatable bonds is 6. The van der Waals surface area contributed by atoms with E-state index in [1.54, 1.807) is 4.90 Å². The minimum atomic E-state index is -1.04. The summed E-state index contributed by atoms with van der Waals surface area (Å²) in [6.07, 6.45) is 4.54. The maximum atomic E-state index is 11.7. The van der Waals surface area contributed by atoms with Crippen molar-refractivity contribution in [2.24, 2.45) is 5.92 Å². The van der Waals surface area contributed by atoms with E-state index in [2.05, 4.69) is 6.92 Å². The summed E-state index contributed by atoms with van der Waals surface area (Å²) in [5.74, 6) is -0.398. The SMILES string of the molecule is CCCC1CCN(C(=O)COCC(=O)O)CC1. The Morgan fingerprint density at radius 1 is 1.29 bits per heavy atom. The van der Waals surface area contributed by atoms with Crippen LogP contribution in [0.4, 0.5) is 0 Å². The molecule has 0 saturated carbocycles. The molecule has 5 heteroatoms. The average molecular weight is 243 g/mol. The van der Waals surface area contributed by atoms with E-state index in [1.807, 2.05) is 0 Å². The van der Waals surface area contributed by atoms with Crippen LogP contribution in [-0.4, -0.2) is 48.2 Å². The summed E-state index contributed by atoms with van der Waals surface area (Å²) in [7, 11) is 0. The summed E-state index contributed by atoms with van der Waals surface area (Å²) in [6, 6.07) is 0. The Balaban J connectivity index is 2.19. The third kappa shape index (κ3) is 5.17. The summed E-state index contributed by atoms with van der Waals surface area (Å²) in [4.78, 5) is 23.6. The van der Waals surface area contributed by atoms with Crippen LogP contribution in [0.3, 0.4) is 0 Å². The molecule has 0 atom stereocenters. The van der Waals surface area contributed by atoms with Crippen LogP contribution >= 0.6 is 0 Å². The van der Waals surface area contributed by atoms with Gasteiger partial charge in [0.05, 0.1) is 0 Å². The van der Waals surface area contributed by atoms with Crippen LogP contribution in [0, 0.1) is 5.92 Å². The summed E-state index contributed by atoms with van der Waals surface area (Å²) in [6.45, 7) is 3.21. The van der Waals surface area contributed by atoms with E-state index in [4.69, 9.17) is 9.84 Å². The van der Waals surface area contributed by atoms with Crippen molar-refractivity contribution >= 4 is 11.9 Å². The number of piperidine rings is 1. The fraction of sp³-hybridized carbons (Fsp3) is 0.833. The second kappa shape index (κ2) is 7.27. The first-order valence-electron chi connectivity index (χ1n) is 6.20. The van der Waals surface area contributed by atoms with Gasteiger partial charge in [0.2, 0.25) is 5.91 Å². The van der Waals surface area contributed by atoms with Gasteiger partial charge in [-0.15, -0.1) is 0 Å². The third-order valence-corrected chi connectivity index (χ3v) is 3.12. The fourth-order valence-electron chi connectivity index (χ4n) is 2.20. The molecular weight excluding hydrogens is 222 g/mol. The number of amides is 1. The Labute approximate surface area is 102 Å². The number of ether oxygens (including phenoxy) is 1. The lowest BCUT2D eigenvalue weighted by atomic mass is 9.92. The normalized spacial score (nSPS) is 17.1. The van der Waals surface area contributed by atoms with Gasteiger partial charge in [0.25, 0.3) is 0 Å². The molecule has 1 aliphatic heterocycles. The van der Waals surface area contributed by atoms with E-state index in [0.717, 1.165) is 31.8 Å². The van der Waals surface area contributed by atoms with Gasteiger partial charge in [-0.05, 0) is 18.8 Å². The summed E-state index contributed by atoms with van der Waals surface area (Å²) >= 11 is 0. The van der Waals surface area contributed by atoms with Crippen LogP contribution in [0.1, 0.15) is 32.6 Å². The minimum Gasteiger partial charge on any atom is -0.480 e. The number of carboxylic acid groups (broad SMARTS) is 1. The van der Waals surface area contributed by atoms with E-state index in [9.17, 15) is 9.59 Å². The van der Waals surface area contributed by atoms with E-state index in [1.165, 1.54) is 12.8 Å². The van der Waals surface area contributed by atoms with Crippen molar-refractivity contribution in [1.82, 2.24) is 4.90 Å². The molecule has 0 aromatic carbocycles. The van der Waals surface area contributed by atoms with Crippen molar-refractivity contribution < 1.29 is 19.4 Å². The number of likely N-dealkylation sites (tertiary alicyclic amines) is 1. The molecule has 0 aromatic heterocycles. The largest absolute Gasteiger partial charge is 0.480 e. The number of carboxylic acids is 1. The second-order valence-corrected chi connectivity index (χ2v) is 4.50. The molecule has 17 heavy (non-hydrogen) atoms. The number of carbonyl (C=O) groups is 2. The number of aliphatic carboxylic acids is 1. The Morgan fingerprint density at radius 2 is 1.94 bits per heavy atom. The Kier molecular flexibility index (Phi) is 5.97. The number of hydrogen-bond acceptors (Lipinski definition) is 3. The molecule has 1 heterocycles. The lowest BCUT2D eigenvalue weighted by Crippen LogP contribution is -2.40. The van der Waals surface area contributed by atoms with Gasteiger partial charge in [0.15, 0.2) is 0 Å². The first-order chi connectivity index (χ1) is 8.13. The predicted octanol–water partition coefficient (Wildman–Crippen LogP) is 1.13. The topological polar surface area (TPSA) is 66.8 Å². The number of nitrogens with zero attached hydrogens (tertiary/aromatic N) is 1. The van der Waals surface area contributed by atoms with Crippen LogP contribution in [0.2, 0.25) is 0 Å². The van der Waals surface area contributed by atoms with Crippen LogP contribution in [-0.2, 0) is 14.3 Å². The minimum absolute atomic E-state index is 0.0961. The molecule has 0 radical (unpaired) electrons. The summed E-state index contributed by atoms with van der Waals surface area (Å²) < 4.78 is 4.79. The predicted molar refractivity (Wildman–Crippen MR) is 62.7 cm³/mol. The van der Waals surface area contributed by atoms with E-state index in [-0.39, 0.29) is 12.5 Å². The Hall–Kier alpha value is -1.10. The molecule has 5 nitrogen and oxygen atoms in total. The van der Waals surface area contributed by atoms with E-state index < -0.39 is 12.6 Å². The van der Waals surface area contributed by atoms with Crippen molar-refractivity contribution in [3.8, 4) is 0 Å². The van der Waals surface area contributed by atoms with Crippen LogP contribution in [0.25, 0.3) is 0 Å². The highest BCUT2D eigenvalue weighted by molar-refractivity contribution is 5.78. The van der Waals surface area contributed by atoms with Gasteiger partial charge in [-0.25, -0.2) is 4.79 Å². The highest BCUT2D eigenvalue weighted by atomic mass is 16.5. The molecule has 0 aromatic rings. The van der Waals surface area contributed by atoms with Gasteiger partial charge in [-0.3, -0.25) is 4.79 Å². The molecule has 0 unspecified atom stereocenters. The van der Waals surface area contributed by atoms with Crippen molar-refractivity contribution in [3.63, 3.8) is 0 Å². The zero-order chi connectivity index (χ0) is 12.7. The quantitative estimate of drug-likeness (QED) is 0.759. The molecule has 1 fully saturated rings. The van der Waals surface area contributed by atoms with Crippen molar-refractivity contribution in [1.29, 1.82) is 0 Å². The first kappa shape index (κ1) is 14.0. The second-order valence-electron chi connectivity index (χ2n) is 4.50. The third-order valence-electron chi connectivity index (χ3n) is 3.12. The zero-order valence-corrected chi connectivity index (χ0v) is 10.4. The average Bonchev–Trinajstić information content (AvgIpc) is 2.30. The molecule has 1 N–H and O–H groups in total. The molecule has 1 rings (SSSR count). The van der Waals surface area contributed by atoms with Gasteiger partial charge in [-0.1, -0.05) is 19.8 Å². The summed E-state index contributed by atoms with van der Waals surface area (Å²) in [5, 5.41) is 8.38. The highest BCUT2D eigenvalue weighted by Gasteiger charge is 2.22. The fourth-order valence-corrected chi connectivity index (χ4v) is 2.20. The van der Waals surface area contributed by atoms with Crippen LogP contribution in [0.15, 0.2) is 0 Å². The highest BCUT2D eigenvalue weighted by Crippen LogP contribution is 2.21. The molecule has 1 aliphatic rings. The molecule has 1 amide bonds. The van der Waals surface area contributed by atoms with E-state index in [0.29, 0.717) is 0 Å². The molecule has 0 spiro atoms. The smallest absolute Gasteiger partial charge is 0.329 e. The molecule has 98 valence electrons. The maximum absolute atomic E-state index is 11.7. The van der Waals surface area contributed by atoms with Crippen LogP contribution in [0.5, 0.6) is 0 Å². The van der Waals surface area contributed by atoms with Crippen LogP contribution < -0.4 is 0 Å². The molecule has 0 aliphatic carbocycles. The number of carbonyl (C=O) groups excluding carboxylic acids is 1. The lowest BCUT2D eigenvalue weighted by Gasteiger charge is -2.31. The molecule has 1 saturated heterocycles. The van der Waals surface area contributed by atoms with Gasteiger partial charge < -0.3 is 14.7 Å². The Bertz CT molecular complexity index is 259. The maximum Gasteiger partial charge on any atom is 0.329 e. The monoisotopic (exact) mass is 243 g/mol. The standard InChI is InChI=1S/C12H21NO4/c1-2-3-10-4-6-13(7-5-10)11(14)8-17-9-12(15)16/h10H,2-9H2,1H3,(H,15,16). The van der Waals surface area contributed by atoms with Gasteiger partial charge in [-0.2, -0.15) is 0 Å². The van der Waals surface area contributed by atoms with Gasteiger partial charge >= 0.3 is 5.97 Å². The van der Waals surface area contributed by atoms with Crippen molar-refractivity contribution in [2.45, 2.75) is 32.6 Å². The molecular formula is C12H21NO4.